The van der Waals surface area contributed by atoms with Gasteiger partial charge in [-0.25, -0.2) is 18.2 Å². The summed E-state index contributed by atoms with van der Waals surface area (Å²) < 4.78 is 23.5. The number of sulfonamides is 1. The fraction of sp³-hybridized carbons (Fsp3) is 0.750. The van der Waals surface area contributed by atoms with Gasteiger partial charge >= 0.3 is 0 Å². The van der Waals surface area contributed by atoms with Crippen LogP contribution in [0.2, 0.25) is 0 Å². The minimum atomic E-state index is -3.66. The summed E-state index contributed by atoms with van der Waals surface area (Å²) in [5.74, 6) is 0. The predicted molar refractivity (Wildman–Crippen MR) is 55.7 cm³/mol. The van der Waals surface area contributed by atoms with E-state index in [-0.39, 0.29) is 6.61 Å². The molecule has 0 saturated heterocycles. The molecular weight excluding hydrogens is 232 g/mol. The van der Waals surface area contributed by atoms with Crippen molar-refractivity contribution in [1.82, 2.24) is 15.0 Å². The maximum atomic E-state index is 11.6. The van der Waals surface area contributed by atoms with Gasteiger partial charge in [-0.05, 0) is 19.3 Å². The molecule has 1 aliphatic carbocycles. The van der Waals surface area contributed by atoms with Crippen LogP contribution in [0.15, 0.2) is 6.20 Å². The molecule has 16 heavy (non-hydrogen) atoms. The third kappa shape index (κ3) is 1.62. The summed E-state index contributed by atoms with van der Waals surface area (Å²) in [4.78, 5) is 0. The summed E-state index contributed by atoms with van der Waals surface area (Å²) in [7, 11) is -3.66. The average Bonchev–Trinajstić information content (AvgIpc) is 2.49. The van der Waals surface area contributed by atoms with E-state index in [0.717, 1.165) is 6.42 Å². The molecule has 2 rings (SSSR count). The number of aliphatic hydroxyl groups excluding tert-OH is 1. The first kappa shape index (κ1) is 11.5. The SMILES string of the molecule is NS(=O)(=O)C1(c2cn(CCO)nn2)CCC1. The molecule has 0 bridgehead atoms. The molecule has 0 atom stereocenters. The molecule has 0 aliphatic heterocycles. The lowest BCUT2D eigenvalue weighted by Crippen LogP contribution is -2.46. The summed E-state index contributed by atoms with van der Waals surface area (Å²) in [5.41, 5.74) is 0.384. The van der Waals surface area contributed by atoms with Gasteiger partial charge in [-0.1, -0.05) is 5.21 Å². The Balaban J connectivity index is 2.34. The van der Waals surface area contributed by atoms with Gasteiger partial charge in [-0.2, -0.15) is 0 Å². The monoisotopic (exact) mass is 246 g/mol. The lowest BCUT2D eigenvalue weighted by Gasteiger charge is -2.37. The Morgan fingerprint density at radius 1 is 1.56 bits per heavy atom. The van der Waals surface area contributed by atoms with Crippen LogP contribution in [0, 0.1) is 0 Å². The molecule has 0 amide bonds. The van der Waals surface area contributed by atoms with Crippen molar-refractivity contribution in [3.8, 4) is 0 Å². The molecule has 3 N–H and O–H groups in total. The zero-order valence-corrected chi connectivity index (χ0v) is 9.52. The van der Waals surface area contributed by atoms with Gasteiger partial charge in [-0.15, -0.1) is 5.10 Å². The van der Waals surface area contributed by atoms with Crippen LogP contribution in [0.3, 0.4) is 0 Å². The van der Waals surface area contributed by atoms with Gasteiger partial charge in [0.25, 0.3) is 0 Å². The second-order valence-electron chi connectivity index (χ2n) is 3.98. The lowest BCUT2D eigenvalue weighted by atomic mass is 9.82. The highest BCUT2D eigenvalue weighted by molar-refractivity contribution is 7.90. The normalized spacial score (nSPS) is 19.4. The number of aliphatic hydroxyl groups is 1. The second-order valence-corrected chi connectivity index (χ2v) is 5.85. The van der Waals surface area contributed by atoms with Crippen molar-refractivity contribution in [3.63, 3.8) is 0 Å². The summed E-state index contributed by atoms with van der Waals surface area (Å²) in [6, 6.07) is 0. The highest BCUT2D eigenvalue weighted by Crippen LogP contribution is 2.45. The summed E-state index contributed by atoms with van der Waals surface area (Å²) in [6.45, 7) is 0.235. The molecule has 0 spiro atoms. The Morgan fingerprint density at radius 3 is 2.69 bits per heavy atom. The summed E-state index contributed by atoms with van der Waals surface area (Å²) >= 11 is 0. The van der Waals surface area contributed by atoms with E-state index < -0.39 is 14.8 Å². The van der Waals surface area contributed by atoms with E-state index in [1.807, 2.05) is 0 Å². The Morgan fingerprint density at radius 2 is 2.25 bits per heavy atom. The van der Waals surface area contributed by atoms with E-state index in [4.69, 9.17) is 10.2 Å². The smallest absolute Gasteiger partial charge is 0.220 e. The minimum absolute atomic E-state index is 0.0643. The van der Waals surface area contributed by atoms with Crippen LogP contribution in [-0.2, 0) is 21.3 Å². The van der Waals surface area contributed by atoms with Gasteiger partial charge in [0.15, 0.2) is 0 Å². The van der Waals surface area contributed by atoms with Gasteiger partial charge < -0.3 is 5.11 Å². The average molecular weight is 246 g/mol. The molecule has 1 aliphatic rings. The van der Waals surface area contributed by atoms with Gasteiger partial charge in [0.2, 0.25) is 10.0 Å². The molecule has 0 aromatic carbocycles. The number of primary sulfonamides is 1. The molecule has 8 heteroatoms. The quantitative estimate of drug-likeness (QED) is 0.703. The minimum Gasteiger partial charge on any atom is -0.394 e. The van der Waals surface area contributed by atoms with Crippen molar-refractivity contribution in [1.29, 1.82) is 0 Å². The maximum Gasteiger partial charge on any atom is 0.220 e. The number of nitrogens with zero attached hydrogens (tertiary/aromatic N) is 3. The Labute approximate surface area is 93.3 Å². The summed E-state index contributed by atoms with van der Waals surface area (Å²) in [5, 5.41) is 21.6. The van der Waals surface area contributed by atoms with E-state index in [0.29, 0.717) is 25.1 Å². The molecule has 7 nitrogen and oxygen atoms in total. The Bertz CT molecular complexity index is 477. The van der Waals surface area contributed by atoms with Gasteiger partial charge in [0.1, 0.15) is 10.4 Å². The second kappa shape index (κ2) is 3.79. The van der Waals surface area contributed by atoms with Crippen LogP contribution in [0.1, 0.15) is 25.0 Å². The third-order valence-electron chi connectivity index (χ3n) is 3.04. The largest absolute Gasteiger partial charge is 0.394 e. The molecule has 1 aromatic heterocycles. The van der Waals surface area contributed by atoms with Crippen molar-refractivity contribution in [2.24, 2.45) is 5.14 Å². The van der Waals surface area contributed by atoms with E-state index in [1.54, 1.807) is 6.20 Å². The molecule has 1 heterocycles. The van der Waals surface area contributed by atoms with Gasteiger partial charge in [-0.3, -0.25) is 0 Å². The van der Waals surface area contributed by atoms with E-state index in [2.05, 4.69) is 10.3 Å². The number of hydrogen-bond donors (Lipinski definition) is 2. The molecular formula is C8H14N4O3S. The molecule has 1 saturated carbocycles. The highest BCUT2D eigenvalue weighted by Gasteiger charge is 2.50. The van der Waals surface area contributed by atoms with Crippen molar-refractivity contribution in [3.05, 3.63) is 11.9 Å². The first-order valence-electron chi connectivity index (χ1n) is 5.03. The van der Waals surface area contributed by atoms with Gasteiger partial charge in [0, 0.05) is 0 Å². The van der Waals surface area contributed by atoms with Crippen LogP contribution in [0.25, 0.3) is 0 Å². The Hall–Kier alpha value is -0.990. The number of rotatable bonds is 4. The fourth-order valence-electron chi connectivity index (χ4n) is 1.90. The molecule has 90 valence electrons. The maximum absolute atomic E-state index is 11.6. The number of aromatic nitrogens is 3. The van der Waals surface area contributed by atoms with E-state index >= 15 is 0 Å². The molecule has 0 radical (unpaired) electrons. The van der Waals surface area contributed by atoms with Crippen LogP contribution in [0.5, 0.6) is 0 Å². The van der Waals surface area contributed by atoms with Crippen LogP contribution in [-0.4, -0.2) is 35.1 Å². The zero-order chi connectivity index (χ0) is 11.8. The standard InChI is InChI=1S/C8H14N4O3S/c9-16(14,15)8(2-1-3-8)7-6-12(4-5-13)11-10-7/h6,13H,1-5H2,(H2,9,14,15). The first-order valence-corrected chi connectivity index (χ1v) is 6.58. The van der Waals surface area contributed by atoms with Gasteiger partial charge in [0.05, 0.1) is 19.3 Å². The van der Waals surface area contributed by atoms with Crippen molar-refractivity contribution < 1.29 is 13.5 Å². The third-order valence-corrected chi connectivity index (χ3v) is 4.75. The fourth-order valence-corrected chi connectivity index (χ4v) is 3.15. The van der Waals surface area contributed by atoms with E-state index in [9.17, 15) is 8.42 Å². The van der Waals surface area contributed by atoms with Crippen molar-refractivity contribution in [2.75, 3.05) is 6.61 Å². The topological polar surface area (TPSA) is 111 Å². The van der Waals surface area contributed by atoms with Crippen molar-refractivity contribution in [2.45, 2.75) is 30.6 Å². The van der Waals surface area contributed by atoms with Crippen molar-refractivity contribution >= 4 is 10.0 Å². The summed E-state index contributed by atoms with van der Waals surface area (Å²) in [6.07, 6.45) is 3.34. The first-order chi connectivity index (χ1) is 7.49. The van der Waals surface area contributed by atoms with E-state index in [1.165, 1.54) is 4.68 Å². The predicted octanol–water partition coefficient (Wildman–Crippen LogP) is -1.06. The number of nitrogens with two attached hydrogens (primary N) is 1. The van der Waals surface area contributed by atoms with Crippen LogP contribution >= 0.6 is 0 Å². The molecule has 1 aromatic rings. The van der Waals surface area contributed by atoms with Crippen LogP contribution in [0.4, 0.5) is 0 Å². The zero-order valence-electron chi connectivity index (χ0n) is 8.70. The highest BCUT2D eigenvalue weighted by atomic mass is 32.2. The number of hydrogen-bond acceptors (Lipinski definition) is 5. The molecule has 0 unspecified atom stereocenters. The molecule has 1 fully saturated rings. The van der Waals surface area contributed by atoms with Crippen LogP contribution < -0.4 is 5.14 Å². The lowest BCUT2D eigenvalue weighted by molar-refractivity contribution is 0.268. The Kier molecular flexibility index (Phi) is 2.72.